The van der Waals surface area contributed by atoms with Crippen LogP contribution in [-0.4, -0.2) is 6.54 Å². The van der Waals surface area contributed by atoms with Crippen LogP contribution in [0.25, 0.3) is 0 Å². The Kier molecular flexibility index (Phi) is 5.36. The summed E-state index contributed by atoms with van der Waals surface area (Å²) in [5, 5.41) is 5.72. The molecule has 0 radical (unpaired) electrons. The van der Waals surface area contributed by atoms with Gasteiger partial charge in [0.2, 0.25) is 0 Å². The Bertz CT molecular complexity index is 553. The predicted octanol–water partition coefficient (Wildman–Crippen LogP) is 4.89. The molecule has 1 unspecified atom stereocenters. The molecule has 1 aromatic heterocycles. The standard InChI is InChI=1S/C15H17FINS/c1-3-6-18-15(12-8-14(17)19-9-12)11-4-5-13(16)10(2)7-11/h4-5,7-9,15,18H,3,6H2,1-2H3. The lowest BCUT2D eigenvalue weighted by molar-refractivity contribution is 0.591. The normalized spacial score (nSPS) is 12.6. The summed E-state index contributed by atoms with van der Waals surface area (Å²) in [6.07, 6.45) is 1.08. The number of nitrogens with one attached hydrogen (secondary N) is 1. The Balaban J connectivity index is 2.33. The molecule has 0 aliphatic heterocycles. The highest BCUT2D eigenvalue weighted by Crippen LogP contribution is 2.28. The first kappa shape index (κ1) is 14.9. The van der Waals surface area contributed by atoms with E-state index in [-0.39, 0.29) is 11.9 Å². The Hall–Kier alpha value is -0.460. The molecule has 0 aliphatic carbocycles. The van der Waals surface area contributed by atoms with Gasteiger partial charge < -0.3 is 5.32 Å². The molecule has 0 saturated carbocycles. The van der Waals surface area contributed by atoms with Crippen molar-refractivity contribution in [2.75, 3.05) is 6.54 Å². The van der Waals surface area contributed by atoms with Gasteiger partial charge in [-0.05, 0) is 76.7 Å². The van der Waals surface area contributed by atoms with E-state index in [9.17, 15) is 4.39 Å². The Morgan fingerprint density at radius 1 is 1.32 bits per heavy atom. The minimum absolute atomic E-state index is 0.141. The van der Waals surface area contributed by atoms with E-state index in [1.807, 2.05) is 19.1 Å². The molecular formula is C15H17FINS. The number of aryl methyl sites for hydroxylation is 1. The van der Waals surface area contributed by atoms with Crippen molar-refractivity contribution in [3.05, 3.63) is 55.0 Å². The molecule has 102 valence electrons. The predicted molar refractivity (Wildman–Crippen MR) is 88.3 cm³/mol. The van der Waals surface area contributed by atoms with Crippen LogP contribution in [0.4, 0.5) is 4.39 Å². The number of hydrogen-bond acceptors (Lipinski definition) is 2. The van der Waals surface area contributed by atoms with Crippen LogP contribution in [0.3, 0.4) is 0 Å². The maximum atomic E-state index is 13.4. The molecule has 19 heavy (non-hydrogen) atoms. The third-order valence-electron chi connectivity index (χ3n) is 3.03. The number of benzene rings is 1. The highest BCUT2D eigenvalue weighted by Gasteiger charge is 2.15. The molecule has 2 rings (SSSR count). The molecule has 1 atom stereocenters. The zero-order valence-electron chi connectivity index (χ0n) is 11.0. The van der Waals surface area contributed by atoms with E-state index in [1.54, 1.807) is 17.4 Å². The molecule has 4 heteroatoms. The minimum Gasteiger partial charge on any atom is -0.306 e. The van der Waals surface area contributed by atoms with E-state index in [2.05, 4.69) is 46.3 Å². The maximum absolute atomic E-state index is 13.4. The third-order valence-corrected chi connectivity index (χ3v) is 4.84. The second-order valence-electron chi connectivity index (χ2n) is 4.58. The van der Waals surface area contributed by atoms with Gasteiger partial charge in [0.05, 0.1) is 8.93 Å². The lowest BCUT2D eigenvalue weighted by atomic mass is 9.99. The summed E-state index contributed by atoms with van der Waals surface area (Å²) in [4.78, 5) is 0. The SMILES string of the molecule is CCCNC(c1csc(I)c1)c1ccc(F)c(C)c1. The summed E-state index contributed by atoms with van der Waals surface area (Å²) >= 11 is 4.07. The minimum atomic E-state index is -0.141. The molecule has 1 N–H and O–H groups in total. The van der Waals surface area contributed by atoms with Crippen LogP contribution in [0.1, 0.15) is 36.1 Å². The van der Waals surface area contributed by atoms with Gasteiger partial charge in [0.25, 0.3) is 0 Å². The molecule has 1 aromatic carbocycles. The van der Waals surface area contributed by atoms with Crippen molar-refractivity contribution in [3.8, 4) is 0 Å². The fourth-order valence-corrected chi connectivity index (χ4v) is 3.44. The zero-order chi connectivity index (χ0) is 13.8. The number of halogens is 2. The zero-order valence-corrected chi connectivity index (χ0v) is 14.0. The van der Waals surface area contributed by atoms with Crippen LogP contribution in [-0.2, 0) is 0 Å². The van der Waals surface area contributed by atoms with E-state index >= 15 is 0 Å². The van der Waals surface area contributed by atoms with Gasteiger partial charge in [-0.25, -0.2) is 4.39 Å². The molecule has 0 fully saturated rings. The topological polar surface area (TPSA) is 12.0 Å². The first-order valence-corrected chi connectivity index (χ1v) is 8.31. The van der Waals surface area contributed by atoms with Crippen LogP contribution >= 0.6 is 33.9 Å². The highest BCUT2D eigenvalue weighted by atomic mass is 127. The van der Waals surface area contributed by atoms with Crippen LogP contribution in [0.15, 0.2) is 29.6 Å². The largest absolute Gasteiger partial charge is 0.306 e. The quantitative estimate of drug-likeness (QED) is 0.719. The van der Waals surface area contributed by atoms with Gasteiger partial charge >= 0.3 is 0 Å². The van der Waals surface area contributed by atoms with Crippen molar-refractivity contribution >= 4 is 33.9 Å². The molecular weight excluding hydrogens is 372 g/mol. The molecule has 0 saturated heterocycles. The van der Waals surface area contributed by atoms with Crippen molar-refractivity contribution in [1.29, 1.82) is 0 Å². The van der Waals surface area contributed by atoms with Crippen LogP contribution in [0.5, 0.6) is 0 Å². The van der Waals surface area contributed by atoms with Gasteiger partial charge in [0.15, 0.2) is 0 Å². The van der Waals surface area contributed by atoms with Crippen molar-refractivity contribution in [3.63, 3.8) is 0 Å². The summed E-state index contributed by atoms with van der Waals surface area (Å²) in [7, 11) is 0. The molecule has 0 aliphatic rings. The van der Waals surface area contributed by atoms with Gasteiger partial charge in [0, 0.05) is 0 Å². The number of rotatable bonds is 5. The lowest BCUT2D eigenvalue weighted by Gasteiger charge is -2.18. The Labute approximate surface area is 131 Å². The van der Waals surface area contributed by atoms with E-state index in [0.717, 1.165) is 18.5 Å². The van der Waals surface area contributed by atoms with Crippen molar-refractivity contribution in [2.45, 2.75) is 26.3 Å². The van der Waals surface area contributed by atoms with Crippen molar-refractivity contribution < 1.29 is 4.39 Å². The van der Waals surface area contributed by atoms with Crippen LogP contribution in [0.2, 0.25) is 0 Å². The van der Waals surface area contributed by atoms with E-state index in [4.69, 9.17) is 0 Å². The van der Waals surface area contributed by atoms with E-state index in [1.165, 1.54) is 8.45 Å². The monoisotopic (exact) mass is 389 g/mol. The molecule has 1 nitrogen and oxygen atoms in total. The number of hydrogen-bond donors (Lipinski definition) is 1. The summed E-state index contributed by atoms with van der Waals surface area (Å²) in [6.45, 7) is 4.91. The third kappa shape index (κ3) is 3.77. The fourth-order valence-electron chi connectivity index (χ4n) is 2.04. The second kappa shape index (κ2) is 6.81. The molecule has 1 heterocycles. The van der Waals surface area contributed by atoms with E-state index < -0.39 is 0 Å². The number of thiophene rings is 1. The van der Waals surface area contributed by atoms with Gasteiger partial charge in [-0.3, -0.25) is 0 Å². The van der Waals surface area contributed by atoms with Crippen molar-refractivity contribution in [2.24, 2.45) is 0 Å². The molecule has 0 amide bonds. The molecule has 0 bridgehead atoms. The van der Waals surface area contributed by atoms with Gasteiger partial charge in [-0.1, -0.05) is 19.1 Å². The first-order valence-electron chi connectivity index (χ1n) is 6.35. The Morgan fingerprint density at radius 3 is 2.68 bits per heavy atom. The first-order chi connectivity index (χ1) is 9.11. The smallest absolute Gasteiger partial charge is 0.126 e. The second-order valence-corrected chi connectivity index (χ2v) is 7.39. The van der Waals surface area contributed by atoms with Crippen molar-refractivity contribution in [1.82, 2.24) is 5.32 Å². The lowest BCUT2D eigenvalue weighted by Crippen LogP contribution is -2.22. The Morgan fingerprint density at radius 2 is 2.11 bits per heavy atom. The summed E-state index contributed by atoms with van der Waals surface area (Å²) in [5.41, 5.74) is 3.08. The van der Waals surface area contributed by atoms with Crippen LogP contribution in [0, 0.1) is 15.6 Å². The summed E-state index contributed by atoms with van der Waals surface area (Å²) in [6, 6.07) is 7.71. The summed E-state index contributed by atoms with van der Waals surface area (Å²) < 4.78 is 14.7. The van der Waals surface area contributed by atoms with Crippen LogP contribution < -0.4 is 5.32 Å². The summed E-state index contributed by atoms with van der Waals surface area (Å²) in [5.74, 6) is -0.141. The average molecular weight is 389 g/mol. The van der Waals surface area contributed by atoms with Gasteiger partial charge in [-0.15, -0.1) is 11.3 Å². The van der Waals surface area contributed by atoms with Gasteiger partial charge in [0.1, 0.15) is 5.82 Å². The van der Waals surface area contributed by atoms with E-state index in [0.29, 0.717) is 5.56 Å². The highest BCUT2D eigenvalue weighted by molar-refractivity contribution is 14.1. The van der Waals surface area contributed by atoms with Gasteiger partial charge in [-0.2, -0.15) is 0 Å². The molecule has 2 aromatic rings. The fraction of sp³-hybridized carbons (Fsp3) is 0.333. The maximum Gasteiger partial charge on any atom is 0.126 e. The molecule has 0 spiro atoms. The average Bonchev–Trinajstić information content (AvgIpc) is 2.80.